The minimum Gasteiger partial charge on any atom is -1.00 e. The lowest BCUT2D eigenvalue weighted by Crippen LogP contribution is -3.00. The number of carboxylic acid groups (broad SMARTS) is 1. The number of aromatic nitrogens is 9. The molecule has 5 heterocycles. The van der Waals surface area contributed by atoms with Crippen LogP contribution < -0.4 is 39.0 Å². The maximum atomic E-state index is 14.2. The number of hydrogen-bond donors (Lipinski definition) is 4. The molecule has 3 aromatic rings. The van der Waals surface area contributed by atoms with Gasteiger partial charge in [0.25, 0.3) is 0 Å². The highest BCUT2D eigenvalue weighted by Crippen LogP contribution is 2.26. The third-order valence-electron chi connectivity index (χ3n) is 11.8. The Hall–Kier alpha value is -5.25. The molecule has 2 aliphatic heterocycles. The summed E-state index contributed by atoms with van der Waals surface area (Å²) in [5.41, 5.74) is 9.30. The van der Waals surface area contributed by atoms with E-state index in [-0.39, 0.29) is 49.6 Å². The van der Waals surface area contributed by atoms with Crippen molar-refractivity contribution in [2.75, 3.05) is 127 Å². The van der Waals surface area contributed by atoms with Gasteiger partial charge in [0.1, 0.15) is 18.7 Å². The molecule has 2 fully saturated rings. The van der Waals surface area contributed by atoms with Crippen LogP contribution in [0.5, 0.6) is 0 Å². The topological polar surface area (TPSA) is 279 Å². The third kappa shape index (κ3) is 17.1. The van der Waals surface area contributed by atoms with Crippen LogP contribution >= 0.6 is 0 Å². The molecule has 0 radical (unpaired) electrons. The molecular formula is C43H72ClN16O7+. The molecule has 2 saturated heterocycles. The minimum atomic E-state index is -0.917. The van der Waals surface area contributed by atoms with Crippen molar-refractivity contribution in [1.29, 1.82) is 0 Å². The van der Waals surface area contributed by atoms with Crippen LogP contribution in [0, 0.1) is 18.3 Å². The lowest BCUT2D eigenvalue weighted by atomic mass is 9.97. The zero-order valence-corrected chi connectivity index (χ0v) is 40.1. The smallest absolute Gasteiger partial charge is 0.303 e. The van der Waals surface area contributed by atoms with Gasteiger partial charge in [-0.1, -0.05) is 36.6 Å². The number of amides is 2. The first-order valence-electron chi connectivity index (χ1n) is 23.5. The number of quaternary nitrogens is 2. The third-order valence-corrected chi connectivity index (χ3v) is 11.8. The Morgan fingerprint density at radius 2 is 1.31 bits per heavy atom. The molecule has 67 heavy (non-hydrogen) atoms. The van der Waals surface area contributed by atoms with Gasteiger partial charge in [0.15, 0.2) is 0 Å². The molecule has 0 saturated carbocycles. The van der Waals surface area contributed by atoms with Gasteiger partial charge in [-0.05, 0) is 44.4 Å². The molecule has 372 valence electrons. The second-order valence-corrected chi connectivity index (χ2v) is 16.6. The van der Waals surface area contributed by atoms with Gasteiger partial charge >= 0.3 is 5.97 Å². The number of halogens is 1. The maximum Gasteiger partial charge on any atom is 0.303 e. The van der Waals surface area contributed by atoms with Crippen LogP contribution in [-0.4, -0.2) is 189 Å². The summed E-state index contributed by atoms with van der Waals surface area (Å²) < 4.78 is 19.9. The number of carbonyl (C=O) groups excluding carboxylic acids is 2. The first-order chi connectivity index (χ1) is 32.1. The van der Waals surface area contributed by atoms with Crippen molar-refractivity contribution in [1.82, 2.24) is 54.7 Å². The van der Waals surface area contributed by atoms with Gasteiger partial charge in [-0.2, -0.15) is 15.0 Å². The van der Waals surface area contributed by atoms with Crippen LogP contribution in [0.4, 0.5) is 17.8 Å². The minimum absolute atomic E-state index is 0. The number of aliphatic carboxylic acids is 1. The molecule has 3 unspecified atom stereocenters. The molecule has 3 aromatic heterocycles. The average molecular weight is 961 g/mol. The molecule has 0 aliphatic carbocycles. The van der Waals surface area contributed by atoms with Gasteiger partial charge in [-0.3, -0.25) is 14.4 Å². The van der Waals surface area contributed by atoms with E-state index in [1.807, 2.05) is 16.0 Å². The van der Waals surface area contributed by atoms with Gasteiger partial charge in [-0.15, -0.1) is 16.6 Å². The van der Waals surface area contributed by atoms with Crippen molar-refractivity contribution < 1.29 is 57.6 Å². The van der Waals surface area contributed by atoms with Gasteiger partial charge in [0.05, 0.1) is 63.9 Å². The molecular weight excluding hydrogens is 888 g/mol. The Labute approximate surface area is 399 Å². The number of piperazine rings is 2. The second-order valence-electron chi connectivity index (χ2n) is 16.6. The zero-order valence-electron chi connectivity index (χ0n) is 39.4. The summed E-state index contributed by atoms with van der Waals surface area (Å²) >= 11 is 0. The van der Waals surface area contributed by atoms with Crippen molar-refractivity contribution in [2.45, 2.75) is 83.7 Å². The lowest BCUT2D eigenvalue weighted by molar-refractivity contribution is -0.368. The monoisotopic (exact) mass is 960 g/mol. The molecule has 2 amide bonds. The van der Waals surface area contributed by atoms with E-state index >= 15 is 0 Å². The normalized spacial score (nSPS) is 15.4. The predicted octanol–water partition coefficient (Wildman–Crippen LogP) is -4.03. The van der Waals surface area contributed by atoms with Crippen LogP contribution in [0.1, 0.15) is 82.3 Å². The van der Waals surface area contributed by atoms with Gasteiger partial charge in [0.2, 0.25) is 29.7 Å². The largest absolute Gasteiger partial charge is 1.00 e. The van der Waals surface area contributed by atoms with Crippen LogP contribution in [0.25, 0.3) is 0 Å². The first-order valence-corrected chi connectivity index (χ1v) is 23.5. The van der Waals surface area contributed by atoms with E-state index in [1.54, 1.807) is 15.6 Å². The molecule has 23 nitrogen and oxygen atoms in total. The van der Waals surface area contributed by atoms with E-state index in [4.69, 9.17) is 40.7 Å². The maximum absolute atomic E-state index is 14.2. The summed E-state index contributed by atoms with van der Waals surface area (Å²) in [6.45, 7) is 12.4. The molecule has 0 bridgehead atoms. The number of anilines is 3. The molecule has 3 atom stereocenters. The molecule has 24 heteroatoms. The first kappa shape index (κ1) is 54.4. The van der Waals surface area contributed by atoms with Crippen LogP contribution in [0.2, 0.25) is 0 Å². The van der Waals surface area contributed by atoms with Gasteiger partial charge in [-0.25, -0.2) is 9.36 Å². The Morgan fingerprint density at radius 3 is 1.91 bits per heavy atom. The predicted molar refractivity (Wildman–Crippen MR) is 243 cm³/mol. The number of aryl methyl sites for hydroxylation is 2. The van der Waals surface area contributed by atoms with Crippen LogP contribution in [-0.2, 0) is 41.4 Å². The summed E-state index contributed by atoms with van der Waals surface area (Å²) in [7, 11) is 0. The fourth-order valence-corrected chi connectivity index (χ4v) is 7.76. The van der Waals surface area contributed by atoms with Crippen molar-refractivity contribution in [2.24, 2.45) is 5.92 Å². The summed E-state index contributed by atoms with van der Waals surface area (Å²) in [6, 6.07) is -1.02. The fraction of sp³-hybridized carbons (Fsp3) is 0.721. The Balaban J connectivity index is 0.00000980. The Kier molecular flexibility index (Phi) is 23.9. The number of nitrogens with zero attached hydrogens (tertiary/aromatic N) is 13. The van der Waals surface area contributed by atoms with Crippen LogP contribution in [0.3, 0.4) is 0 Å². The number of unbranched alkanes of at least 4 members (excludes halogenated alkanes) is 2. The van der Waals surface area contributed by atoms with E-state index in [1.165, 1.54) is 0 Å². The SMILES string of the molecule is C#CCOCCOCCOCCNc1nc(N2CCN(C(=O)C(CCCC[NH3+])n3cc(CCC(=O)O)nn3)CC2)nc(N2CCN(C(=O)C(C(C)CC)n3cc(CCCC[NH3+])nn3)CC2)n1.[Cl-]. The van der Waals surface area contributed by atoms with Crippen molar-refractivity contribution in [3.05, 3.63) is 23.8 Å². The fourth-order valence-electron chi connectivity index (χ4n) is 7.76. The number of rotatable bonds is 30. The summed E-state index contributed by atoms with van der Waals surface area (Å²) in [5, 5.41) is 29.7. The van der Waals surface area contributed by atoms with E-state index in [9.17, 15) is 14.4 Å². The second kappa shape index (κ2) is 29.5. The highest BCUT2D eigenvalue weighted by atomic mass is 35.5. The average Bonchev–Trinajstić information content (AvgIpc) is 4.01. The molecule has 0 aromatic carbocycles. The lowest BCUT2D eigenvalue weighted by Gasteiger charge is -2.38. The quantitative estimate of drug-likeness (QED) is 0.0366. The molecule has 8 N–H and O–H groups in total. The van der Waals surface area contributed by atoms with E-state index < -0.39 is 18.1 Å². The standard InChI is InChI=1S/C43H70N16O7.ClH/c1-4-25-64-27-29-66-30-28-65-26-16-46-41-47-42(56-21-17-54(18-22-56)39(62)36(11-7-9-15-45)58-31-35(51-52-58)12-13-37(60)61)49-43(48-41)57-23-19-55(20-24-57)40(63)38(33(3)5-2)59-32-34(50-53-59)10-6-8-14-44;/h1,31-33,36,38H,5-30,44-45H2,2-3H3,(H,60,61)(H,46,47,48,49);1H/p+1. The number of terminal acetylenes is 1. The van der Waals surface area contributed by atoms with Crippen LogP contribution in [0.15, 0.2) is 12.4 Å². The van der Waals surface area contributed by atoms with Crippen molar-refractivity contribution >= 4 is 35.6 Å². The van der Waals surface area contributed by atoms with Gasteiger partial charge in [0, 0.05) is 77.7 Å². The van der Waals surface area contributed by atoms with E-state index in [2.05, 4.69) is 67.0 Å². The van der Waals surface area contributed by atoms with Gasteiger partial charge < -0.3 is 68.1 Å². The zero-order chi connectivity index (χ0) is 47.1. The van der Waals surface area contributed by atoms with E-state index in [0.29, 0.717) is 122 Å². The number of nitrogens with one attached hydrogen (secondary N) is 1. The van der Waals surface area contributed by atoms with Crippen molar-refractivity contribution in [3.63, 3.8) is 0 Å². The van der Waals surface area contributed by atoms with Crippen molar-refractivity contribution in [3.8, 4) is 12.3 Å². The Morgan fingerprint density at radius 1 is 0.761 bits per heavy atom. The summed E-state index contributed by atoms with van der Waals surface area (Å²) in [4.78, 5) is 61.9. The Bertz CT molecular complexity index is 1970. The number of hydrogen-bond acceptors (Lipinski definition) is 16. The molecule has 0 spiro atoms. The van der Waals surface area contributed by atoms with E-state index in [0.717, 1.165) is 57.3 Å². The summed E-state index contributed by atoms with van der Waals surface area (Å²) in [5.74, 6) is 2.89. The summed E-state index contributed by atoms with van der Waals surface area (Å²) in [6.07, 6.45) is 14.8. The number of ether oxygens (including phenoxy) is 3. The number of carboxylic acids is 1. The molecule has 5 rings (SSSR count). The number of carbonyl (C=O) groups is 3. The highest BCUT2D eigenvalue weighted by molar-refractivity contribution is 5.81. The highest BCUT2D eigenvalue weighted by Gasteiger charge is 2.35. The molecule has 2 aliphatic rings.